The number of benzene rings is 2. The fourth-order valence-electron chi connectivity index (χ4n) is 3.86. The lowest BCUT2D eigenvalue weighted by Gasteiger charge is -2.13. The SMILES string of the molecule is CC(C)Nc1cc(Oc2ccc(NC(=O)Nc3cc(C(C)C)nn3-c3ccc4scnc4c3)c(F)c2)ccn1. The predicted octanol–water partition coefficient (Wildman–Crippen LogP) is 7.40. The van der Waals surface area contributed by atoms with Crippen molar-refractivity contribution in [3.05, 3.63) is 77.8 Å². The molecule has 3 aromatic heterocycles. The molecule has 0 atom stereocenters. The van der Waals surface area contributed by atoms with Crippen molar-refractivity contribution in [2.45, 2.75) is 39.7 Å². The van der Waals surface area contributed by atoms with Crippen LogP contribution in [0.25, 0.3) is 15.9 Å². The molecule has 200 valence electrons. The molecule has 0 unspecified atom stereocenters. The van der Waals surface area contributed by atoms with E-state index in [-0.39, 0.29) is 23.4 Å². The Morgan fingerprint density at radius 2 is 1.79 bits per heavy atom. The molecule has 0 aliphatic carbocycles. The first kappa shape index (κ1) is 26.1. The number of pyridine rings is 1. The summed E-state index contributed by atoms with van der Waals surface area (Å²) in [4.78, 5) is 21.5. The number of hydrogen-bond donors (Lipinski definition) is 3. The van der Waals surface area contributed by atoms with Crippen molar-refractivity contribution in [1.82, 2.24) is 19.7 Å². The van der Waals surface area contributed by atoms with Crippen molar-refractivity contribution in [3.8, 4) is 17.2 Å². The molecule has 39 heavy (non-hydrogen) atoms. The molecule has 0 saturated carbocycles. The van der Waals surface area contributed by atoms with Gasteiger partial charge >= 0.3 is 6.03 Å². The van der Waals surface area contributed by atoms with Crippen molar-refractivity contribution < 1.29 is 13.9 Å². The summed E-state index contributed by atoms with van der Waals surface area (Å²) in [5.41, 5.74) is 4.20. The number of fused-ring (bicyclic) bond motifs is 1. The number of rotatable bonds is 8. The molecule has 9 nitrogen and oxygen atoms in total. The van der Waals surface area contributed by atoms with E-state index in [0.29, 0.717) is 17.4 Å². The van der Waals surface area contributed by atoms with E-state index >= 15 is 0 Å². The Morgan fingerprint density at radius 1 is 0.974 bits per heavy atom. The average Bonchev–Trinajstić information content (AvgIpc) is 3.52. The highest BCUT2D eigenvalue weighted by atomic mass is 32.1. The third kappa shape index (κ3) is 6.15. The number of halogens is 1. The van der Waals surface area contributed by atoms with Crippen LogP contribution in [0.3, 0.4) is 0 Å². The number of nitrogens with one attached hydrogen (secondary N) is 3. The fourth-order valence-corrected chi connectivity index (χ4v) is 4.52. The topological polar surface area (TPSA) is 106 Å². The molecule has 2 aromatic carbocycles. The molecule has 0 radical (unpaired) electrons. The van der Waals surface area contributed by atoms with Crippen LogP contribution in [0.2, 0.25) is 0 Å². The number of aromatic nitrogens is 4. The minimum Gasteiger partial charge on any atom is -0.457 e. The van der Waals surface area contributed by atoms with Gasteiger partial charge in [-0.25, -0.2) is 23.8 Å². The first-order valence-corrected chi connectivity index (χ1v) is 13.3. The second-order valence-corrected chi connectivity index (χ2v) is 10.4. The second-order valence-electron chi connectivity index (χ2n) is 9.52. The van der Waals surface area contributed by atoms with E-state index in [1.807, 2.05) is 45.9 Å². The quantitative estimate of drug-likeness (QED) is 0.188. The van der Waals surface area contributed by atoms with Crippen LogP contribution in [-0.4, -0.2) is 31.8 Å². The average molecular weight is 546 g/mol. The summed E-state index contributed by atoms with van der Waals surface area (Å²) in [6, 6.07) is 14.9. The zero-order valence-corrected chi connectivity index (χ0v) is 22.7. The van der Waals surface area contributed by atoms with E-state index in [9.17, 15) is 9.18 Å². The van der Waals surface area contributed by atoms with Crippen molar-refractivity contribution in [3.63, 3.8) is 0 Å². The maximum Gasteiger partial charge on any atom is 0.324 e. The predicted molar refractivity (Wildman–Crippen MR) is 153 cm³/mol. The lowest BCUT2D eigenvalue weighted by atomic mass is 10.1. The summed E-state index contributed by atoms with van der Waals surface area (Å²) in [6.07, 6.45) is 1.61. The van der Waals surface area contributed by atoms with E-state index in [0.717, 1.165) is 21.6 Å². The van der Waals surface area contributed by atoms with Crippen LogP contribution in [-0.2, 0) is 0 Å². The number of hydrogen-bond acceptors (Lipinski definition) is 7. The first-order valence-electron chi connectivity index (χ1n) is 12.5. The van der Waals surface area contributed by atoms with Gasteiger partial charge in [0.05, 0.1) is 32.8 Å². The van der Waals surface area contributed by atoms with Gasteiger partial charge in [-0.05, 0) is 56.2 Å². The standard InChI is InChI=1S/C28H28FN7O2S/c1-16(2)23-14-27(36(35-23)18-5-8-25-24(11-18)31-15-39-25)34-28(37)33-22-7-6-19(12-21(22)29)38-20-9-10-30-26(13-20)32-17(3)4/h5-17H,1-4H3,(H,30,32)(H2,33,34,37). The molecule has 11 heteroatoms. The number of thiazole rings is 1. The van der Waals surface area contributed by atoms with E-state index in [4.69, 9.17) is 4.74 Å². The van der Waals surface area contributed by atoms with Crippen LogP contribution in [0.4, 0.5) is 26.5 Å². The Bertz CT molecular complexity index is 1630. The van der Waals surface area contributed by atoms with Crippen LogP contribution in [0.1, 0.15) is 39.3 Å². The van der Waals surface area contributed by atoms with Gasteiger partial charge < -0.3 is 15.4 Å². The van der Waals surface area contributed by atoms with Crippen LogP contribution < -0.4 is 20.7 Å². The third-order valence-electron chi connectivity index (χ3n) is 5.71. The van der Waals surface area contributed by atoms with Crippen LogP contribution in [0.5, 0.6) is 11.5 Å². The summed E-state index contributed by atoms with van der Waals surface area (Å²) in [6.45, 7) is 8.05. The summed E-state index contributed by atoms with van der Waals surface area (Å²) in [7, 11) is 0. The number of amides is 2. The first-order chi connectivity index (χ1) is 18.7. The number of carbonyl (C=O) groups excluding carboxylic acids is 1. The van der Waals surface area contributed by atoms with Crippen molar-refractivity contribution in [2.24, 2.45) is 0 Å². The lowest BCUT2D eigenvalue weighted by molar-refractivity contribution is 0.262. The van der Waals surface area contributed by atoms with Gasteiger partial charge in [-0.3, -0.25) is 5.32 Å². The minimum atomic E-state index is -0.636. The lowest BCUT2D eigenvalue weighted by Crippen LogP contribution is -2.22. The number of carbonyl (C=O) groups is 1. The Kier molecular flexibility index (Phi) is 7.42. The number of anilines is 3. The third-order valence-corrected chi connectivity index (χ3v) is 6.52. The molecule has 3 heterocycles. The summed E-state index contributed by atoms with van der Waals surface area (Å²) in [5.74, 6) is 1.41. The number of ether oxygens (including phenoxy) is 1. The minimum absolute atomic E-state index is 0.00998. The zero-order valence-electron chi connectivity index (χ0n) is 21.9. The van der Waals surface area contributed by atoms with Crippen molar-refractivity contribution in [1.29, 1.82) is 0 Å². The maximum atomic E-state index is 14.9. The highest BCUT2D eigenvalue weighted by Gasteiger charge is 2.16. The molecule has 5 rings (SSSR count). The van der Waals surface area contributed by atoms with Crippen LogP contribution in [0, 0.1) is 5.82 Å². The van der Waals surface area contributed by atoms with Gasteiger partial charge in [0.15, 0.2) is 0 Å². The largest absolute Gasteiger partial charge is 0.457 e. The van der Waals surface area contributed by atoms with Gasteiger partial charge in [-0.15, -0.1) is 11.3 Å². The molecule has 3 N–H and O–H groups in total. The second kappa shape index (κ2) is 11.1. The Hall–Kier alpha value is -4.51. The molecule has 0 aliphatic rings. The molecule has 0 spiro atoms. The highest BCUT2D eigenvalue weighted by Crippen LogP contribution is 2.28. The molecule has 0 aliphatic heterocycles. The fraction of sp³-hybridized carbons (Fsp3) is 0.214. The summed E-state index contributed by atoms with van der Waals surface area (Å²) < 4.78 is 23.4. The van der Waals surface area contributed by atoms with Crippen LogP contribution in [0.15, 0.2) is 66.3 Å². The molecule has 0 fully saturated rings. The molecule has 5 aromatic rings. The normalized spacial score (nSPS) is 11.3. The number of nitrogens with zero attached hydrogens (tertiary/aromatic N) is 4. The van der Waals surface area contributed by atoms with Gasteiger partial charge in [0.25, 0.3) is 0 Å². The van der Waals surface area contributed by atoms with Gasteiger partial charge in [0, 0.05) is 30.4 Å². The molecular weight excluding hydrogens is 517 g/mol. The molecule has 0 saturated heterocycles. The van der Waals surface area contributed by atoms with Crippen LogP contribution >= 0.6 is 11.3 Å². The van der Waals surface area contributed by atoms with Crippen molar-refractivity contribution in [2.75, 3.05) is 16.0 Å². The van der Waals surface area contributed by atoms with Crippen molar-refractivity contribution >= 4 is 44.9 Å². The van der Waals surface area contributed by atoms with Gasteiger partial charge in [0.1, 0.15) is 29.0 Å². The van der Waals surface area contributed by atoms with E-state index in [2.05, 4.69) is 31.0 Å². The smallest absolute Gasteiger partial charge is 0.324 e. The van der Waals surface area contributed by atoms with Gasteiger partial charge in [0.2, 0.25) is 0 Å². The Morgan fingerprint density at radius 3 is 2.56 bits per heavy atom. The van der Waals surface area contributed by atoms with Gasteiger partial charge in [-0.1, -0.05) is 13.8 Å². The summed E-state index contributed by atoms with van der Waals surface area (Å²) in [5, 5.41) is 13.2. The Labute approximate surface area is 229 Å². The molecule has 2 amide bonds. The zero-order chi connectivity index (χ0) is 27.5. The Balaban J connectivity index is 1.31. The molecule has 0 bridgehead atoms. The van der Waals surface area contributed by atoms with E-state index in [1.54, 1.807) is 52.0 Å². The highest BCUT2D eigenvalue weighted by molar-refractivity contribution is 7.16. The molecular formula is C28H28FN7O2S. The monoisotopic (exact) mass is 545 g/mol. The van der Waals surface area contributed by atoms with E-state index < -0.39 is 11.8 Å². The number of urea groups is 1. The van der Waals surface area contributed by atoms with Gasteiger partial charge in [-0.2, -0.15) is 5.10 Å². The maximum absolute atomic E-state index is 14.9. The van der Waals surface area contributed by atoms with E-state index in [1.165, 1.54) is 12.1 Å². The summed E-state index contributed by atoms with van der Waals surface area (Å²) >= 11 is 1.55.